The highest BCUT2D eigenvalue weighted by Gasteiger charge is 2.10. The number of hydrogen-bond acceptors (Lipinski definition) is 3. The van der Waals surface area contributed by atoms with Crippen molar-refractivity contribution in [1.29, 1.82) is 0 Å². The van der Waals surface area contributed by atoms with Crippen molar-refractivity contribution in [3.63, 3.8) is 0 Å². The molecule has 0 aliphatic carbocycles. The van der Waals surface area contributed by atoms with Crippen LogP contribution in [0.1, 0.15) is 26.2 Å². The van der Waals surface area contributed by atoms with Gasteiger partial charge in [-0.15, -0.1) is 0 Å². The van der Waals surface area contributed by atoms with Gasteiger partial charge in [0.2, 0.25) is 10.0 Å². The number of unbranched alkanes of at least 4 members (excludes halogenated alkanes) is 1. The number of nitrogens with one attached hydrogen (secondary N) is 1. The maximum atomic E-state index is 11.5. The molecule has 0 saturated carbocycles. The van der Waals surface area contributed by atoms with E-state index in [0.717, 1.165) is 38.9 Å². The maximum Gasteiger partial charge on any atom is 0.211 e. The summed E-state index contributed by atoms with van der Waals surface area (Å²) in [5.41, 5.74) is 0. The summed E-state index contributed by atoms with van der Waals surface area (Å²) in [6.45, 7) is 5.30. The third kappa shape index (κ3) is 5.63. The smallest absolute Gasteiger partial charge is 0.211 e. The van der Waals surface area contributed by atoms with Crippen LogP contribution in [0, 0.1) is 0 Å². The van der Waals surface area contributed by atoms with E-state index in [-0.39, 0.29) is 5.75 Å². The molecule has 16 heavy (non-hydrogen) atoms. The summed E-state index contributed by atoms with van der Waals surface area (Å²) in [7, 11) is -3.04. The monoisotopic (exact) mass is 246 g/mol. The third-order valence-electron chi connectivity index (χ3n) is 2.66. The summed E-state index contributed by atoms with van der Waals surface area (Å²) in [6, 6.07) is 0. The molecule has 0 amide bonds. The second-order valence-corrected chi connectivity index (χ2v) is 6.05. The van der Waals surface area contributed by atoms with E-state index in [4.69, 9.17) is 0 Å². The minimum atomic E-state index is -3.04. The highest BCUT2D eigenvalue weighted by atomic mass is 32.2. The lowest BCUT2D eigenvalue weighted by Gasteiger charge is -2.22. The van der Waals surface area contributed by atoms with Gasteiger partial charge in [-0.2, -0.15) is 0 Å². The first-order valence-corrected chi connectivity index (χ1v) is 7.64. The van der Waals surface area contributed by atoms with E-state index < -0.39 is 10.0 Å². The van der Waals surface area contributed by atoms with Crippen LogP contribution in [0.5, 0.6) is 0 Å². The number of nitrogens with zero attached hydrogens (tertiary/aromatic N) is 1. The van der Waals surface area contributed by atoms with Gasteiger partial charge in [-0.25, -0.2) is 13.1 Å². The molecule has 1 N–H and O–H groups in total. The largest absolute Gasteiger partial charge is 0.298 e. The Labute approximate surface area is 98.8 Å². The second-order valence-electron chi connectivity index (χ2n) is 4.13. The molecule has 5 heteroatoms. The highest BCUT2D eigenvalue weighted by molar-refractivity contribution is 7.89. The Morgan fingerprint density at radius 1 is 1.38 bits per heavy atom. The lowest BCUT2D eigenvalue weighted by molar-refractivity contribution is 0.303. The number of rotatable bonds is 7. The van der Waals surface area contributed by atoms with E-state index in [1.165, 1.54) is 0 Å². The van der Waals surface area contributed by atoms with Crippen molar-refractivity contribution in [2.24, 2.45) is 0 Å². The molecule has 0 atom stereocenters. The zero-order valence-electron chi connectivity index (χ0n) is 9.98. The van der Waals surface area contributed by atoms with Crippen LogP contribution in [0.2, 0.25) is 0 Å². The molecule has 0 aromatic rings. The van der Waals surface area contributed by atoms with Crippen LogP contribution in [0.15, 0.2) is 12.2 Å². The minimum absolute atomic E-state index is 0.253. The van der Waals surface area contributed by atoms with Gasteiger partial charge in [-0.05, 0) is 12.8 Å². The molecule has 94 valence electrons. The van der Waals surface area contributed by atoms with Crippen molar-refractivity contribution in [2.75, 3.05) is 31.9 Å². The van der Waals surface area contributed by atoms with Crippen LogP contribution in [0.3, 0.4) is 0 Å². The molecule has 0 aromatic heterocycles. The van der Waals surface area contributed by atoms with Gasteiger partial charge in [0.15, 0.2) is 0 Å². The fourth-order valence-electron chi connectivity index (χ4n) is 1.66. The zero-order chi connectivity index (χ0) is 11.9. The molecular formula is C11H22N2O2S. The predicted octanol–water partition coefficient (Wildman–Crippen LogP) is 0.968. The van der Waals surface area contributed by atoms with Crippen molar-refractivity contribution in [3.8, 4) is 0 Å². The van der Waals surface area contributed by atoms with Crippen LogP contribution in [0.25, 0.3) is 0 Å². The second kappa shape index (κ2) is 7.04. The Balaban J connectivity index is 2.16. The first-order chi connectivity index (χ1) is 7.64. The maximum absolute atomic E-state index is 11.5. The quantitative estimate of drug-likeness (QED) is 0.681. The zero-order valence-corrected chi connectivity index (χ0v) is 10.8. The number of hydrogen-bond donors (Lipinski definition) is 1. The van der Waals surface area contributed by atoms with Gasteiger partial charge < -0.3 is 0 Å². The topological polar surface area (TPSA) is 49.4 Å². The van der Waals surface area contributed by atoms with E-state index in [1.807, 2.05) is 6.92 Å². The van der Waals surface area contributed by atoms with E-state index in [1.54, 1.807) is 0 Å². The Bertz CT molecular complexity index is 312. The summed E-state index contributed by atoms with van der Waals surface area (Å²) in [4.78, 5) is 2.25. The lowest BCUT2D eigenvalue weighted by Crippen LogP contribution is -2.37. The van der Waals surface area contributed by atoms with E-state index in [9.17, 15) is 8.42 Å². The van der Waals surface area contributed by atoms with Crippen molar-refractivity contribution < 1.29 is 8.42 Å². The summed E-state index contributed by atoms with van der Waals surface area (Å²) in [5, 5.41) is 0. The molecule has 1 aliphatic heterocycles. The fourth-order valence-corrected chi connectivity index (χ4v) is 2.87. The average molecular weight is 246 g/mol. The van der Waals surface area contributed by atoms with Gasteiger partial charge in [-0.1, -0.05) is 25.5 Å². The molecule has 0 spiro atoms. The standard InChI is InChI=1S/C11H22N2O2S/c1-2-3-11-16(14,15)12-7-10-13-8-5-4-6-9-13/h4-5,12H,2-3,6-11H2,1H3. The van der Waals surface area contributed by atoms with E-state index >= 15 is 0 Å². The fraction of sp³-hybridized carbons (Fsp3) is 0.818. The molecule has 0 fully saturated rings. The van der Waals surface area contributed by atoms with Crippen LogP contribution in [-0.4, -0.2) is 45.2 Å². The van der Waals surface area contributed by atoms with Crippen molar-refractivity contribution >= 4 is 10.0 Å². The van der Waals surface area contributed by atoms with Crippen LogP contribution >= 0.6 is 0 Å². The molecule has 0 bridgehead atoms. The normalized spacial score (nSPS) is 17.8. The highest BCUT2D eigenvalue weighted by Crippen LogP contribution is 2.00. The molecule has 0 radical (unpaired) electrons. The Hall–Kier alpha value is -0.390. The Morgan fingerprint density at radius 2 is 2.19 bits per heavy atom. The van der Waals surface area contributed by atoms with Crippen molar-refractivity contribution in [1.82, 2.24) is 9.62 Å². The van der Waals surface area contributed by atoms with Gasteiger partial charge >= 0.3 is 0 Å². The summed E-state index contributed by atoms with van der Waals surface area (Å²) in [5.74, 6) is 0.253. The van der Waals surface area contributed by atoms with E-state index in [2.05, 4.69) is 21.8 Å². The van der Waals surface area contributed by atoms with Crippen LogP contribution < -0.4 is 4.72 Å². The molecule has 1 aliphatic rings. The Kier molecular flexibility index (Phi) is 6.01. The third-order valence-corrected chi connectivity index (χ3v) is 4.13. The number of sulfonamides is 1. The van der Waals surface area contributed by atoms with Crippen molar-refractivity contribution in [3.05, 3.63) is 12.2 Å². The first kappa shape index (κ1) is 13.7. The average Bonchev–Trinajstić information content (AvgIpc) is 2.28. The van der Waals surface area contributed by atoms with E-state index in [0.29, 0.717) is 6.54 Å². The predicted molar refractivity (Wildman–Crippen MR) is 66.9 cm³/mol. The molecule has 4 nitrogen and oxygen atoms in total. The minimum Gasteiger partial charge on any atom is -0.298 e. The lowest BCUT2D eigenvalue weighted by atomic mass is 10.2. The van der Waals surface area contributed by atoms with Crippen LogP contribution in [0.4, 0.5) is 0 Å². The molecular weight excluding hydrogens is 224 g/mol. The summed E-state index contributed by atoms with van der Waals surface area (Å²) < 4.78 is 25.6. The molecule has 0 unspecified atom stereocenters. The molecule has 0 aromatic carbocycles. The SMILES string of the molecule is CCCCS(=O)(=O)NCCN1CC=CCC1. The van der Waals surface area contributed by atoms with Gasteiger partial charge in [0.1, 0.15) is 0 Å². The summed E-state index contributed by atoms with van der Waals surface area (Å²) in [6.07, 6.45) is 7.03. The summed E-state index contributed by atoms with van der Waals surface area (Å²) >= 11 is 0. The van der Waals surface area contributed by atoms with Gasteiger partial charge in [0.25, 0.3) is 0 Å². The molecule has 1 rings (SSSR count). The van der Waals surface area contributed by atoms with Gasteiger partial charge in [-0.3, -0.25) is 4.90 Å². The van der Waals surface area contributed by atoms with Gasteiger partial charge in [0, 0.05) is 26.2 Å². The Morgan fingerprint density at radius 3 is 2.81 bits per heavy atom. The molecule has 1 heterocycles. The van der Waals surface area contributed by atoms with Gasteiger partial charge in [0.05, 0.1) is 5.75 Å². The van der Waals surface area contributed by atoms with Crippen molar-refractivity contribution in [2.45, 2.75) is 26.2 Å². The first-order valence-electron chi connectivity index (χ1n) is 5.99. The molecule has 0 saturated heterocycles. The van der Waals surface area contributed by atoms with Crippen LogP contribution in [-0.2, 0) is 10.0 Å².